The van der Waals surface area contributed by atoms with E-state index < -0.39 is 0 Å². The van der Waals surface area contributed by atoms with E-state index in [4.69, 9.17) is 0 Å². The third kappa shape index (κ3) is 3.09. The lowest BCUT2D eigenvalue weighted by Gasteiger charge is -2.21. The van der Waals surface area contributed by atoms with Crippen LogP contribution in [0.5, 0.6) is 0 Å². The van der Waals surface area contributed by atoms with Crippen molar-refractivity contribution in [2.24, 2.45) is 13.0 Å². The van der Waals surface area contributed by atoms with Gasteiger partial charge < -0.3 is 5.32 Å². The van der Waals surface area contributed by atoms with Gasteiger partial charge in [-0.3, -0.25) is 9.36 Å². The van der Waals surface area contributed by atoms with Gasteiger partial charge in [-0.25, -0.2) is 14.5 Å². The van der Waals surface area contributed by atoms with Crippen molar-refractivity contribution in [1.82, 2.24) is 24.6 Å². The number of hydrogen-bond donors (Lipinski definition) is 1. The number of rotatable bonds is 4. The molecule has 0 unspecified atom stereocenters. The number of carbonyl (C=O) groups excluding carboxylic acids is 1. The van der Waals surface area contributed by atoms with Crippen molar-refractivity contribution in [2.45, 2.75) is 25.8 Å². The molecule has 25 heavy (non-hydrogen) atoms. The Morgan fingerprint density at radius 3 is 3.08 bits per heavy atom. The fraction of sp³-hybridized carbons (Fsp3) is 0.412. The number of nitrogens with one attached hydrogen (secondary N) is 1. The second-order valence-electron chi connectivity index (χ2n) is 6.28. The maximum atomic E-state index is 12.4. The van der Waals surface area contributed by atoms with Gasteiger partial charge in [-0.2, -0.15) is 5.10 Å². The van der Waals surface area contributed by atoms with Crippen LogP contribution in [0.4, 0.5) is 0 Å². The van der Waals surface area contributed by atoms with Crippen LogP contribution in [-0.2, 0) is 31.2 Å². The number of hydrogen-bond acceptors (Lipinski definition) is 5. The summed E-state index contributed by atoms with van der Waals surface area (Å²) >= 11 is 1.66. The SMILES string of the molecule is Cn1nc2n(c1=O)C[C@H](C(=O)NCCc1nc3ccccc3s1)CC2. The third-order valence-corrected chi connectivity index (χ3v) is 5.65. The Labute approximate surface area is 148 Å². The van der Waals surface area contributed by atoms with Crippen molar-refractivity contribution in [1.29, 1.82) is 0 Å². The summed E-state index contributed by atoms with van der Waals surface area (Å²) in [5.41, 5.74) is 0.853. The quantitative estimate of drug-likeness (QED) is 0.758. The smallest absolute Gasteiger partial charge is 0.345 e. The predicted octanol–water partition coefficient (Wildman–Crippen LogP) is 1.11. The summed E-state index contributed by atoms with van der Waals surface area (Å²) < 4.78 is 4.11. The Hall–Kier alpha value is -2.48. The number of aromatic nitrogens is 4. The summed E-state index contributed by atoms with van der Waals surface area (Å²) in [6, 6.07) is 8.04. The van der Waals surface area contributed by atoms with E-state index in [1.807, 2.05) is 18.2 Å². The molecule has 3 aromatic rings. The molecular formula is C17H19N5O2S. The second kappa shape index (κ2) is 6.44. The Morgan fingerprint density at radius 1 is 1.40 bits per heavy atom. The molecule has 0 spiro atoms. The molecule has 8 heteroatoms. The van der Waals surface area contributed by atoms with Crippen LogP contribution in [0.2, 0.25) is 0 Å². The van der Waals surface area contributed by atoms with Crippen LogP contribution in [0.1, 0.15) is 17.3 Å². The number of thiazole rings is 1. The highest BCUT2D eigenvalue weighted by molar-refractivity contribution is 7.18. The molecule has 1 atom stereocenters. The highest BCUT2D eigenvalue weighted by atomic mass is 32.1. The van der Waals surface area contributed by atoms with E-state index in [2.05, 4.69) is 21.5 Å². The molecule has 1 aliphatic rings. The van der Waals surface area contributed by atoms with Gasteiger partial charge in [-0.1, -0.05) is 12.1 Å². The van der Waals surface area contributed by atoms with E-state index in [-0.39, 0.29) is 17.5 Å². The van der Waals surface area contributed by atoms with Crippen LogP contribution in [0, 0.1) is 5.92 Å². The van der Waals surface area contributed by atoms with Crippen molar-refractivity contribution in [3.63, 3.8) is 0 Å². The van der Waals surface area contributed by atoms with E-state index in [1.165, 1.54) is 9.38 Å². The minimum absolute atomic E-state index is 0.00233. The zero-order valence-corrected chi connectivity index (χ0v) is 14.8. The van der Waals surface area contributed by atoms with Crippen molar-refractivity contribution in [3.8, 4) is 0 Å². The Bertz CT molecular complexity index is 953. The van der Waals surface area contributed by atoms with Gasteiger partial charge in [0, 0.05) is 33.0 Å². The molecule has 130 valence electrons. The summed E-state index contributed by atoms with van der Waals surface area (Å²) in [6.07, 6.45) is 2.10. The molecule has 1 aliphatic heterocycles. The minimum Gasteiger partial charge on any atom is -0.355 e. The first-order valence-corrected chi connectivity index (χ1v) is 9.18. The first-order valence-electron chi connectivity index (χ1n) is 8.36. The first-order chi connectivity index (χ1) is 12.1. The molecule has 3 heterocycles. The third-order valence-electron chi connectivity index (χ3n) is 4.55. The summed E-state index contributed by atoms with van der Waals surface area (Å²) in [4.78, 5) is 29.0. The molecule has 0 saturated heterocycles. The Morgan fingerprint density at radius 2 is 2.24 bits per heavy atom. The lowest BCUT2D eigenvalue weighted by Crippen LogP contribution is -2.39. The van der Waals surface area contributed by atoms with Crippen molar-refractivity contribution in [3.05, 3.63) is 45.6 Å². The highest BCUT2D eigenvalue weighted by Crippen LogP contribution is 2.21. The Balaban J connectivity index is 1.35. The average molecular weight is 357 g/mol. The number of aryl methyl sites for hydroxylation is 2. The largest absolute Gasteiger partial charge is 0.355 e. The van der Waals surface area contributed by atoms with Crippen molar-refractivity contribution < 1.29 is 4.79 Å². The Kier molecular flexibility index (Phi) is 4.12. The molecule has 0 aliphatic carbocycles. The lowest BCUT2D eigenvalue weighted by molar-refractivity contribution is -0.125. The van der Waals surface area contributed by atoms with Crippen LogP contribution >= 0.6 is 11.3 Å². The number of amides is 1. The monoisotopic (exact) mass is 357 g/mol. The maximum Gasteiger partial charge on any atom is 0.345 e. The van der Waals surface area contributed by atoms with Gasteiger partial charge in [0.1, 0.15) is 5.82 Å². The molecule has 1 N–H and O–H groups in total. The average Bonchev–Trinajstić information content (AvgIpc) is 3.15. The van der Waals surface area contributed by atoms with E-state index in [1.54, 1.807) is 23.0 Å². The van der Waals surface area contributed by atoms with E-state index >= 15 is 0 Å². The summed E-state index contributed by atoms with van der Waals surface area (Å²) in [7, 11) is 1.64. The normalized spacial score (nSPS) is 16.8. The molecule has 0 radical (unpaired) electrons. The number of carbonyl (C=O) groups is 1. The standard InChI is InChI=1S/C17H19N5O2S/c1-21-17(24)22-10-11(6-7-14(22)20-21)16(23)18-9-8-15-19-12-4-2-3-5-13(12)25-15/h2-5,11H,6-10H2,1H3,(H,18,23)/t11-/m1/s1. The van der Waals surface area contributed by atoms with Crippen LogP contribution in [0.25, 0.3) is 10.2 Å². The van der Waals surface area contributed by atoms with Gasteiger partial charge in [0.25, 0.3) is 0 Å². The summed E-state index contributed by atoms with van der Waals surface area (Å²) in [6.45, 7) is 0.971. The molecule has 4 rings (SSSR count). The van der Waals surface area contributed by atoms with Gasteiger partial charge >= 0.3 is 5.69 Å². The molecule has 1 amide bonds. The van der Waals surface area contributed by atoms with Gasteiger partial charge in [-0.15, -0.1) is 11.3 Å². The molecule has 2 aromatic heterocycles. The molecule has 0 saturated carbocycles. The first kappa shape index (κ1) is 16.0. The number of nitrogens with zero attached hydrogens (tertiary/aromatic N) is 4. The van der Waals surface area contributed by atoms with E-state index in [0.29, 0.717) is 19.5 Å². The number of para-hydroxylation sites is 1. The van der Waals surface area contributed by atoms with Gasteiger partial charge in [0.15, 0.2) is 0 Å². The predicted molar refractivity (Wildman–Crippen MR) is 95.6 cm³/mol. The molecule has 0 bridgehead atoms. The van der Waals surface area contributed by atoms with E-state index in [9.17, 15) is 9.59 Å². The molecule has 7 nitrogen and oxygen atoms in total. The van der Waals surface area contributed by atoms with Gasteiger partial charge in [-0.05, 0) is 18.6 Å². The molecule has 1 aromatic carbocycles. The molecule has 0 fully saturated rings. The van der Waals surface area contributed by atoms with Gasteiger partial charge in [0.05, 0.1) is 21.1 Å². The molecular weight excluding hydrogens is 338 g/mol. The number of fused-ring (bicyclic) bond motifs is 2. The lowest BCUT2D eigenvalue weighted by atomic mass is 9.98. The number of benzene rings is 1. The highest BCUT2D eigenvalue weighted by Gasteiger charge is 2.27. The summed E-state index contributed by atoms with van der Waals surface area (Å²) in [5.74, 6) is 0.596. The van der Waals surface area contributed by atoms with Crippen LogP contribution in [-0.4, -0.2) is 31.8 Å². The van der Waals surface area contributed by atoms with Crippen LogP contribution < -0.4 is 11.0 Å². The second-order valence-corrected chi connectivity index (χ2v) is 7.40. The van der Waals surface area contributed by atoms with E-state index in [0.717, 1.165) is 29.2 Å². The fourth-order valence-corrected chi connectivity index (χ4v) is 4.18. The van der Waals surface area contributed by atoms with Gasteiger partial charge in [0.2, 0.25) is 5.91 Å². The van der Waals surface area contributed by atoms with Crippen molar-refractivity contribution in [2.75, 3.05) is 6.54 Å². The zero-order chi connectivity index (χ0) is 17.4. The van der Waals surface area contributed by atoms with Crippen LogP contribution in [0.15, 0.2) is 29.1 Å². The topological polar surface area (TPSA) is 81.8 Å². The minimum atomic E-state index is -0.176. The fourth-order valence-electron chi connectivity index (χ4n) is 3.22. The maximum absolute atomic E-state index is 12.4. The zero-order valence-electron chi connectivity index (χ0n) is 13.9. The summed E-state index contributed by atoms with van der Waals surface area (Å²) in [5, 5.41) is 8.21. The van der Waals surface area contributed by atoms with Crippen molar-refractivity contribution >= 4 is 27.5 Å². The van der Waals surface area contributed by atoms with Crippen LogP contribution in [0.3, 0.4) is 0 Å².